The van der Waals surface area contributed by atoms with Crippen molar-refractivity contribution in [2.75, 3.05) is 11.9 Å². The van der Waals surface area contributed by atoms with Gasteiger partial charge in [0.2, 0.25) is 0 Å². The highest BCUT2D eigenvalue weighted by Crippen LogP contribution is 2.22. The van der Waals surface area contributed by atoms with Crippen molar-refractivity contribution in [2.24, 2.45) is 0 Å². The van der Waals surface area contributed by atoms with E-state index in [4.69, 9.17) is 4.74 Å². The van der Waals surface area contributed by atoms with E-state index in [1.807, 2.05) is 30.5 Å². The molecule has 0 unspecified atom stereocenters. The molecule has 17 heavy (non-hydrogen) atoms. The van der Waals surface area contributed by atoms with Crippen LogP contribution in [0.25, 0.3) is 0 Å². The molecule has 2 rings (SSSR count). The van der Waals surface area contributed by atoms with E-state index in [-0.39, 0.29) is 0 Å². The van der Waals surface area contributed by atoms with E-state index >= 15 is 0 Å². The van der Waals surface area contributed by atoms with Gasteiger partial charge in [0.15, 0.2) is 5.13 Å². The van der Waals surface area contributed by atoms with Gasteiger partial charge in [-0.25, -0.2) is 4.98 Å². The average Bonchev–Trinajstić information content (AvgIpc) is 2.75. The number of aromatic nitrogens is 1. The zero-order valence-electron chi connectivity index (χ0n) is 9.44. The van der Waals surface area contributed by atoms with Crippen LogP contribution in [0.1, 0.15) is 11.8 Å². The van der Waals surface area contributed by atoms with E-state index in [2.05, 4.69) is 33.2 Å². The molecule has 1 aromatic carbocycles. The van der Waals surface area contributed by atoms with Crippen LogP contribution in [0, 0.1) is 0 Å². The number of ether oxygens (including phenoxy) is 1. The van der Waals surface area contributed by atoms with Gasteiger partial charge in [0.25, 0.3) is 0 Å². The van der Waals surface area contributed by atoms with Crippen molar-refractivity contribution in [3.8, 4) is 5.75 Å². The molecule has 0 aliphatic heterocycles. The maximum atomic E-state index is 5.68. The molecule has 1 heterocycles. The van der Waals surface area contributed by atoms with Crippen molar-refractivity contribution < 1.29 is 4.74 Å². The average molecular weight is 313 g/mol. The molecule has 5 heteroatoms. The second kappa shape index (κ2) is 6.02. The first kappa shape index (κ1) is 12.4. The van der Waals surface area contributed by atoms with Crippen molar-refractivity contribution in [3.63, 3.8) is 0 Å². The van der Waals surface area contributed by atoms with E-state index in [0.29, 0.717) is 6.61 Å². The summed E-state index contributed by atoms with van der Waals surface area (Å²) in [5.74, 6) is 0.859. The number of halogens is 1. The van der Waals surface area contributed by atoms with E-state index < -0.39 is 0 Å². The molecule has 0 aliphatic carbocycles. The second-order valence-corrected chi connectivity index (χ2v) is 5.44. The van der Waals surface area contributed by atoms with Crippen molar-refractivity contribution in [1.29, 1.82) is 0 Å². The fourth-order valence-corrected chi connectivity index (χ4v) is 2.49. The lowest BCUT2D eigenvalue weighted by atomic mass is 10.3. The SMILES string of the molecule is CCNc1ncc(COc2cccc(Br)c2)s1. The van der Waals surface area contributed by atoms with Crippen LogP contribution in [-0.4, -0.2) is 11.5 Å². The Morgan fingerprint density at radius 1 is 1.47 bits per heavy atom. The van der Waals surface area contributed by atoms with Gasteiger partial charge >= 0.3 is 0 Å². The minimum atomic E-state index is 0.555. The van der Waals surface area contributed by atoms with Crippen molar-refractivity contribution in [2.45, 2.75) is 13.5 Å². The number of nitrogens with zero attached hydrogens (tertiary/aromatic N) is 1. The molecular formula is C12H13BrN2OS. The Labute approximate surface area is 113 Å². The van der Waals surface area contributed by atoms with Gasteiger partial charge in [-0.2, -0.15) is 0 Å². The molecule has 1 aromatic heterocycles. The molecule has 0 amide bonds. The highest BCUT2D eigenvalue weighted by atomic mass is 79.9. The highest BCUT2D eigenvalue weighted by Gasteiger charge is 2.02. The predicted molar refractivity (Wildman–Crippen MR) is 74.8 cm³/mol. The molecule has 0 fully saturated rings. The predicted octanol–water partition coefficient (Wildman–Crippen LogP) is 3.92. The molecule has 0 aliphatic rings. The number of benzene rings is 1. The van der Waals surface area contributed by atoms with Crippen LogP contribution in [0.15, 0.2) is 34.9 Å². The first-order chi connectivity index (χ1) is 8.28. The Kier molecular flexibility index (Phi) is 4.39. The molecule has 0 bridgehead atoms. The normalized spacial score (nSPS) is 10.2. The molecule has 90 valence electrons. The maximum Gasteiger partial charge on any atom is 0.182 e. The Morgan fingerprint density at radius 3 is 3.12 bits per heavy atom. The monoisotopic (exact) mass is 312 g/mol. The van der Waals surface area contributed by atoms with Gasteiger partial charge in [-0.3, -0.25) is 0 Å². The van der Waals surface area contributed by atoms with Crippen LogP contribution >= 0.6 is 27.3 Å². The van der Waals surface area contributed by atoms with E-state index in [9.17, 15) is 0 Å². The molecular weight excluding hydrogens is 300 g/mol. The summed E-state index contributed by atoms with van der Waals surface area (Å²) in [5.41, 5.74) is 0. The maximum absolute atomic E-state index is 5.68. The molecule has 2 aromatic rings. The number of hydrogen-bond acceptors (Lipinski definition) is 4. The topological polar surface area (TPSA) is 34.2 Å². The third kappa shape index (κ3) is 3.71. The molecule has 3 nitrogen and oxygen atoms in total. The van der Waals surface area contributed by atoms with Gasteiger partial charge in [0.05, 0.1) is 4.88 Å². The lowest BCUT2D eigenvalue weighted by Gasteiger charge is -2.04. The van der Waals surface area contributed by atoms with Crippen LogP contribution < -0.4 is 10.1 Å². The van der Waals surface area contributed by atoms with E-state index in [1.54, 1.807) is 11.3 Å². The number of thiazole rings is 1. The lowest BCUT2D eigenvalue weighted by Crippen LogP contribution is -1.94. The summed E-state index contributed by atoms with van der Waals surface area (Å²) in [5, 5.41) is 4.12. The fourth-order valence-electron chi connectivity index (χ4n) is 1.32. The third-order valence-electron chi connectivity index (χ3n) is 2.06. The van der Waals surface area contributed by atoms with E-state index in [0.717, 1.165) is 26.8 Å². The van der Waals surface area contributed by atoms with Gasteiger partial charge in [-0.1, -0.05) is 33.3 Å². The summed E-state index contributed by atoms with van der Waals surface area (Å²) in [6.07, 6.45) is 1.85. The first-order valence-corrected chi connectivity index (χ1v) is 6.96. The summed E-state index contributed by atoms with van der Waals surface area (Å²) in [6.45, 7) is 3.50. The van der Waals surface area contributed by atoms with Crippen molar-refractivity contribution in [3.05, 3.63) is 39.8 Å². The summed E-state index contributed by atoms with van der Waals surface area (Å²) in [6, 6.07) is 7.82. The van der Waals surface area contributed by atoms with Gasteiger partial charge in [-0.15, -0.1) is 0 Å². The number of nitrogens with one attached hydrogen (secondary N) is 1. The number of hydrogen-bond donors (Lipinski definition) is 1. The Bertz CT molecular complexity index is 487. The quantitative estimate of drug-likeness (QED) is 0.908. The molecule has 0 atom stereocenters. The fraction of sp³-hybridized carbons (Fsp3) is 0.250. The summed E-state index contributed by atoms with van der Waals surface area (Å²) in [4.78, 5) is 5.37. The van der Waals surface area contributed by atoms with Crippen LogP contribution in [0.3, 0.4) is 0 Å². The smallest absolute Gasteiger partial charge is 0.182 e. The number of rotatable bonds is 5. The van der Waals surface area contributed by atoms with Gasteiger partial charge in [-0.05, 0) is 25.1 Å². The van der Waals surface area contributed by atoms with Crippen LogP contribution in [0.2, 0.25) is 0 Å². The van der Waals surface area contributed by atoms with Crippen LogP contribution in [-0.2, 0) is 6.61 Å². The third-order valence-corrected chi connectivity index (χ3v) is 3.48. The van der Waals surface area contributed by atoms with Crippen LogP contribution in [0.5, 0.6) is 5.75 Å². The number of anilines is 1. The van der Waals surface area contributed by atoms with Gasteiger partial charge in [0, 0.05) is 17.2 Å². The second-order valence-electron chi connectivity index (χ2n) is 3.41. The Hall–Kier alpha value is -1.07. The Balaban J connectivity index is 1.93. The van der Waals surface area contributed by atoms with Crippen molar-refractivity contribution >= 4 is 32.4 Å². The highest BCUT2D eigenvalue weighted by molar-refractivity contribution is 9.10. The standard InChI is InChI=1S/C12H13BrN2OS/c1-2-14-12-15-7-11(17-12)8-16-10-5-3-4-9(13)6-10/h3-7H,2,8H2,1H3,(H,14,15). The minimum absolute atomic E-state index is 0.555. The summed E-state index contributed by atoms with van der Waals surface area (Å²) in [7, 11) is 0. The van der Waals surface area contributed by atoms with Gasteiger partial charge < -0.3 is 10.1 Å². The zero-order valence-corrected chi connectivity index (χ0v) is 11.8. The summed E-state index contributed by atoms with van der Waals surface area (Å²) >= 11 is 5.04. The molecule has 1 N–H and O–H groups in total. The molecule has 0 saturated carbocycles. The molecule has 0 saturated heterocycles. The largest absolute Gasteiger partial charge is 0.488 e. The molecule has 0 radical (unpaired) electrons. The summed E-state index contributed by atoms with van der Waals surface area (Å²) < 4.78 is 6.70. The lowest BCUT2D eigenvalue weighted by molar-refractivity contribution is 0.309. The zero-order chi connectivity index (χ0) is 12.1. The van der Waals surface area contributed by atoms with Crippen molar-refractivity contribution in [1.82, 2.24) is 4.98 Å². The van der Waals surface area contributed by atoms with E-state index in [1.165, 1.54) is 0 Å². The first-order valence-electron chi connectivity index (χ1n) is 5.35. The minimum Gasteiger partial charge on any atom is -0.488 e. The Morgan fingerprint density at radius 2 is 2.35 bits per heavy atom. The van der Waals surface area contributed by atoms with Gasteiger partial charge in [0.1, 0.15) is 12.4 Å². The molecule has 0 spiro atoms. The van der Waals surface area contributed by atoms with Crippen LogP contribution in [0.4, 0.5) is 5.13 Å².